The summed E-state index contributed by atoms with van der Waals surface area (Å²) in [7, 11) is -3.88. The SMILES string of the molecule is CC(C)(C)OC(=O)NC(CSCc1ccc(S(=O)(=O)c2ccc(C(C)(C)C)c(-c3cccc4c3oc3ccccc34)c2)cc1)C(=O)O. The predicted molar refractivity (Wildman–Crippen MR) is 187 cm³/mol. The van der Waals surface area contributed by atoms with Crippen LogP contribution in [0, 0.1) is 0 Å². The molecule has 246 valence electrons. The highest BCUT2D eigenvalue weighted by molar-refractivity contribution is 7.98. The van der Waals surface area contributed by atoms with Crippen molar-refractivity contribution in [3.8, 4) is 11.1 Å². The zero-order chi connectivity index (χ0) is 34.1. The second kappa shape index (κ2) is 13.1. The number of carbonyl (C=O) groups excluding carboxylic acids is 1. The average Bonchev–Trinajstić information content (AvgIpc) is 3.38. The van der Waals surface area contributed by atoms with E-state index >= 15 is 0 Å². The normalized spacial score (nSPS) is 13.1. The number of thioether (sulfide) groups is 1. The second-order valence-electron chi connectivity index (χ2n) is 13.4. The van der Waals surface area contributed by atoms with Gasteiger partial charge in [0.15, 0.2) is 0 Å². The Morgan fingerprint density at radius 2 is 1.51 bits per heavy atom. The van der Waals surface area contributed by atoms with Crippen LogP contribution in [0.3, 0.4) is 0 Å². The summed E-state index contributed by atoms with van der Waals surface area (Å²) in [4.78, 5) is 24.0. The van der Waals surface area contributed by atoms with Crippen LogP contribution in [0.15, 0.2) is 99.1 Å². The van der Waals surface area contributed by atoms with Crippen LogP contribution < -0.4 is 5.32 Å². The van der Waals surface area contributed by atoms with E-state index < -0.39 is 33.5 Å². The number of aliphatic carboxylic acids is 1. The molecule has 0 aliphatic rings. The van der Waals surface area contributed by atoms with Crippen molar-refractivity contribution >= 4 is 55.6 Å². The van der Waals surface area contributed by atoms with E-state index in [1.54, 1.807) is 57.2 Å². The number of rotatable bonds is 9. The number of alkyl carbamates (subject to hydrolysis) is 1. The molecule has 1 amide bonds. The minimum absolute atomic E-state index is 0.107. The van der Waals surface area contributed by atoms with Crippen LogP contribution in [0.2, 0.25) is 0 Å². The van der Waals surface area contributed by atoms with E-state index in [1.807, 2.05) is 48.5 Å². The number of carboxylic acids is 1. The van der Waals surface area contributed by atoms with Gasteiger partial charge >= 0.3 is 12.1 Å². The molecule has 1 atom stereocenters. The molecular weight excluding hydrogens is 635 g/mol. The van der Waals surface area contributed by atoms with Gasteiger partial charge in [-0.15, -0.1) is 0 Å². The Bertz CT molecular complexity index is 2050. The number of hydrogen-bond donors (Lipinski definition) is 2. The van der Waals surface area contributed by atoms with E-state index in [9.17, 15) is 23.1 Å². The molecule has 4 aromatic carbocycles. The first-order valence-electron chi connectivity index (χ1n) is 15.2. The molecule has 0 aliphatic carbocycles. The number of para-hydroxylation sites is 2. The Morgan fingerprint density at radius 1 is 0.851 bits per heavy atom. The fraction of sp³-hybridized carbons (Fsp3) is 0.297. The first-order chi connectivity index (χ1) is 22.0. The predicted octanol–water partition coefficient (Wildman–Crippen LogP) is 8.59. The number of nitrogens with one attached hydrogen (secondary N) is 1. The molecule has 8 nitrogen and oxygen atoms in total. The largest absolute Gasteiger partial charge is 0.480 e. The van der Waals surface area contributed by atoms with Crippen LogP contribution in [-0.4, -0.2) is 43.0 Å². The van der Waals surface area contributed by atoms with E-state index in [0.29, 0.717) is 11.3 Å². The zero-order valence-electron chi connectivity index (χ0n) is 27.3. The summed E-state index contributed by atoms with van der Waals surface area (Å²) in [6.07, 6.45) is -0.798. The molecule has 47 heavy (non-hydrogen) atoms. The number of ether oxygens (including phenoxy) is 1. The molecule has 0 radical (unpaired) electrons. The van der Waals surface area contributed by atoms with E-state index in [1.165, 1.54) is 11.8 Å². The summed E-state index contributed by atoms with van der Waals surface area (Å²) in [6, 6.07) is 24.5. The van der Waals surface area contributed by atoms with Crippen molar-refractivity contribution in [1.29, 1.82) is 0 Å². The Morgan fingerprint density at radius 3 is 2.17 bits per heavy atom. The highest BCUT2D eigenvalue weighted by atomic mass is 32.2. The van der Waals surface area contributed by atoms with Gasteiger partial charge in [-0.25, -0.2) is 18.0 Å². The summed E-state index contributed by atoms with van der Waals surface area (Å²) in [6.45, 7) is 11.4. The number of amides is 1. The van der Waals surface area contributed by atoms with Gasteiger partial charge in [-0.2, -0.15) is 11.8 Å². The number of furan rings is 1. The first kappa shape index (κ1) is 34.1. The third kappa shape index (κ3) is 7.66. The molecule has 1 heterocycles. The molecule has 10 heteroatoms. The summed E-state index contributed by atoms with van der Waals surface area (Å²) >= 11 is 1.31. The van der Waals surface area contributed by atoms with E-state index in [0.717, 1.165) is 38.6 Å². The third-order valence-electron chi connectivity index (χ3n) is 7.58. The highest BCUT2D eigenvalue weighted by Crippen LogP contribution is 2.41. The third-order valence-corrected chi connectivity index (χ3v) is 10.5. The van der Waals surface area contributed by atoms with Gasteiger partial charge in [0.2, 0.25) is 9.84 Å². The van der Waals surface area contributed by atoms with Crippen LogP contribution in [0.1, 0.15) is 52.7 Å². The second-order valence-corrected chi connectivity index (χ2v) is 16.4. The maximum absolute atomic E-state index is 13.9. The monoisotopic (exact) mass is 673 g/mol. The summed E-state index contributed by atoms with van der Waals surface area (Å²) in [5.74, 6) is -0.639. The summed E-state index contributed by atoms with van der Waals surface area (Å²) in [5, 5.41) is 13.9. The van der Waals surface area contributed by atoms with Crippen LogP contribution >= 0.6 is 11.8 Å². The Labute approximate surface area is 279 Å². The Kier molecular flexibility index (Phi) is 9.48. The van der Waals surface area contributed by atoms with Crippen molar-refractivity contribution in [3.05, 3.63) is 96.1 Å². The van der Waals surface area contributed by atoms with Crippen molar-refractivity contribution < 1.29 is 32.3 Å². The van der Waals surface area contributed by atoms with Gasteiger partial charge in [0.25, 0.3) is 0 Å². The Hall–Kier alpha value is -4.28. The van der Waals surface area contributed by atoms with Gasteiger partial charge in [0.1, 0.15) is 22.8 Å². The maximum Gasteiger partial charge on any atom is 0.408 e. The topological polar surface area (TPSA) is 123 Å². The van der Waals surface area contributed by atoms with Crippen LogP contribution in [-0.2, 0) is 30.5 Å². The minimum atomic E-state index is -3.88. The molecule has 5 rings (SSSR count). The molecular formula is C37H39NO7S2. The van der Waals surface area contributed by atoms with Crippen molar-refractivity contribution in [3.63, 3.8) is 0 Å². The van der Waals surface area contributed by atoms with Crippen LogP contribution in [0.5, 0.6) is 0 Å². The number of carboxylic acid groups (broad SMARTS) is 1. The number of carbonyl (C=O) groups is 2. The molecule has 2 N–H and O–H groups in total. The van der Waals surface area contributed by atoms with Crippen molar-refractivity contribution in [2.24, 2.45) is 0 Å². The van der Waals surface area contributed by atoms with Crippen molar-refractivity contribution in [2.75, 3.05) is 5.75 Å². The lowest BCUT2D eigenvalue weighted by Gasteiger charge is -2.24. The van der Waals surface area contributed by atoms with Gasteiger partial charge in [-0.05, 0) is 73.2 Å². The molecule has 1 aromatic heterocycles. The van der Waals surface area contributed by atoms with Gasteiger partial charge in [-0.1, -0.05) is 75.4 Å². The average molecular weight is 674 g/mol. The van der Waals surface area contributed by atoms with Gasteiger partial charge in [0.05, 0.1) is 9.79 Å². The Balaban J connectivity index is 1.39. The van der Waals surface area contributed by atoms with Crippen molar-refractivity contribution in [1.82, 2.24) is 5.32 Å². The van der Waals surface area contributed by atoms with Crippen molar-refractivity contribution in [2.45, 2.75) is 74.1 Å². The van der Waals surface area contributed by atoms with Gasteiger partial charge in [-0.3, -0.25) is 0 Å². The lowest BCUT2D eigenvalue weighted by Crippen LogP contribution is -2.44. The van der Waals surface area contributed by atoms with E-state index in [4.69, 9.17) is 9.15 Å². The molecule has 0 aliphatic heterocycles. The van der Waals surface area contributed by atoms with E-state index in [2.05, 4.69) is 26.1 Å². The van der Waals surface area contributed by atoms with E-state index in [-0.39, 0.29) is 21.0 Å². The minimum Gasteiger partial charge on any atom is -0.480 e. The summed E-state index contributed by atoms with van der Waals surface area (Å²) < 4.78 is 39.3. The van der Waals surface area contributed by atoms with Gasteiger partial charge in [0, 0.05) is 27.8 Å². The zero-order valence-corrected chi connectivity index (χ0v) is 28.9. The molecule has 0 saturated heterocycles. The highest BCUT2D eigenvalue weighted by Gasteiger charge is 2.26. The fourth-order valence-corrected chi connectivity index (χ4v) is 7.64. The van der Waals surface area contributed by atoms with Gasteiger partial charge < -0.3 is 19.6 Å². The first-order valence-corrected chi connectivity index (χ1v) is 17.9. The number of hydrogen-bond acceptors (Lipinski definition) is 7. The quantitative estimate of drug-likeness (QED) is 0.160. The lowest BCUT2D eigenvalue weighted by molar-refractivity contribution is -0.138. The summed E-state index contributed by atoms with van der Waals surface area (Å²) in [5.41, 5.74) is 3.90. The standard InChI is InChI=1S/C37H39NO7S2/c1-36(2,3)30-19-18-25(20-29(30)28-12-9-11-27-26-10-7-8-13-32(26)44-33(27)28)47(42,43)24-16-14-23(15-17-24)21-46-22-31(34(39)40)38-35(41)45-37(4,5)6/h7-20,31H,21-22H2,1-6H3,(H,38,41)(H,39,40). The fourth-order valence-electron chi connectivity index (χ4n) is 5.35. The maximum atomic E-state index is 13.9. The van der Waals surface area contributed by atoms with Crippen LogP contribution in [0.4, 0.5) is 4.79 Å². The molecule has 1 unspecified atom stereocenters. The van der Waals surface area contributed by atoms with Crippen LogP contribution in [0.25, 0.3) is 33.1 Å². The number of sulfone groups is 1. The molecule has 0 bridgehead atoms. The molecule has 0 fully saturated rings. The molecule has 5 aromatic rings. The lowest BCUT2D eigenvalue weighted by atomic mass is 9.81. The molecule has 0 spiro atoms. The smallest absolute Gasteiger partial charge is 0.408 e. The number of benzene rings is 4. The number of fused-ring (bicyclic) bond motifs is 3. The molecule has 0 saturated carbocycles.